The summed E-state index contributed by atoms with van der Waals surface area (Å²) in [7, 11) is 1.60. The third kappa shape index (κ3) is 3.34. The Bertz CT molecular complexity index is 327. The predicted octanol–water partition coefficient (Wildman–Crippen LogP) is 2.65. The van der Waals surface area contributed by atoms with Crippen LogP contribution in [0.5, 0.6) is 0 Å². The van der Waals surface area contributed by atoms with Crippen LogP contribution in [0.4, 0.5) is 0 Å². The van der Waals surface area contributed by atoms with Crippen LogP contribution >= 0.6 is 43.2 Å². The molecule has 1 aromatic heterocycles. The average molecular weight is 343 g/mol. The average Bonchev–Trinajstić information content (AvgIpc) is 2.45. The maximum absolute atomic E-state index is 11.5. The molecule has 0 aliphatic heterocycles. The molecule has 0 unspecified atom stereocenters. The number of amides is 1. The highest BCUT2D eigenvalue weighted by Gasteiger charge is 2.12. The molecule has 0 radical (unpaired) electrons. The van der Waals surface area contributed by atoms with Gasteiger partial charge in [-0.25, -0.2) is 0 Å². The van der Waals surface area contributed by atoms with Crippen LogP contribution in [-0.4, -0.2) is 26.2 Å². The van der Waals surface area contributed by atoms with E-state index in [2.05, 4.69) is 37.2 Å². The molecule has 14 heavy (non-hydrogen) atoms. The van der Waals surface area contributed by atoms with Crippen molar-refractivity contribution in [2.75, 3.05) is 20.3 Å². The number of nitrogens with one attached hydrogen (secondary N) is 1. The Kier molecular flexibility index (Phi) is 5.08. The molecule has 0 aliphatic carbocycles. The molecule has 0 bridgehead atoms. The summed E-state index contributed by atoms with van der Waals surface area (Å²) in [6.45, 7) is 1.05. The molecule has 78 valence electrons. The number of methoxy groups -OCH3 is 1. The van der Waals surface area contributed by atoms with Crippen LogP contribution in [0.2, 0.25) is 0 Å². The predicted molar refractivity (Wildman–Crippen MR) is 63.9 cm³/mol. The van der Waals surface area contributed by atoms with Gasteiger partial charge in [-0.15, -0.1) is 11.3 Å². The first-order valence-electron chi connectivity index (χ1n) is 3.87. The summed E-state index contributed by atoms with van der Waals surface area (Å²) < 4.78 is 6.59. The monoisotopic (exact) mass is 341 g/mol. The highest BCUT2D eigenvalue weighted by molar-refractivity contribution is 9.12. The Morgan fingerprint density at radius 2 is 2.36 bits per heavy atom. The highest BCUT2D eigenvalue weighted by Crippen LogP contribution is 2.31. The van der Waals surface area contributed by atoms with E-state index in [1.165, 1.54) is 11.3 Å². The van der Waals surface area contributed by atoms with Gasteiger partial charge in [0.2, 0.25) is 0 Å². The van der Waals surface area contributed by atoms with Crippen molar-refractivity contribution < 1.29 is 9.53 Å². The van der Waals surface area contributed by atoms with Crippen molar-refractivity contribution in [1.82, 2.24) is 5.32 Å². The fraction of sp³-hybridized carbons (Fsp3) is 0.375. The van der Waals surface area contributed by atoms with Crippen LogP contribution in [-0.2, 0) is 4.74 Å². The molecule has 0 spiro atoms. The van der Waals surface area contributed by atoms with Gasteiger partial charge in [-0.1, -0.05) is 0 Å². The summed E-state index contributed by atoms with van der Waals surface area (Å²) >= 11 is 8.12. The van der Waals surface area contributed by atoms with Gasteiger partial charge in [0.25, 0.3) is 5.91 Å². The van der Waals surface area contributed by atoms with Gasteiger partial charge in [0, 0.05) is 13.7 Å². The quantitative estimate of drug-likeness (QED) is 0.854. The van der Waals surface area contributed by atoms with Gasteiger partial charge in [-0.2, -0.15) is 0 Å². The lowest BCUT2D eigenvalue weighted by Crippen LogP contribution is -2.26. The standard InChI is InChI=1S/C8H9Br2NO2S/c1-13-3-2-11-8(12)5-4-6(9)14-7(5)10/h4H,2-3H2,1H3,(H,11,12). The topological polar surface area (TPSA) is 38.3 Å². The van der Waals surface area contributed by atoms with E-state index in [1.54, 1.807) is 13.2 Å². The second-order valence-corrected chi connectivity index (χ2v) is 6.24. The van der Waals surface area contributed by atoms with Crippen molar-refractivity contribution in [3.8, 4) is 0 Å². The number of ether oxygens (including phenoxy) is 1. The first-order valence-corrected chi connectivity index (χ1v) is 6.27. The molecule has 1 aromatic rings. The lowest BCUT2D eigenvalue weighted by atomic mass is 10.3. The van der Waals surface area contributed by atoms with Crippen LogP contribution in [0.25, 0.3) is 0 Å². The zero-order valence-electron chi connectivity index (χ0n) is 7.47. The van der Waals surface area contributed by atoms with Crippen LogP contribution in [0.15, 0.2) is 13.6 Å². The molecular formula is C8H9Br2NO2S. The van der Waals surface area contributed by atoms with Gasteiger partial charge < -0.3 is 10.1 Å². The van der Waals surface area contributed by atoms with Crippen molar-refractivity contribution in [1.29, 1.82) is 0 Å². The van der Waals surface area contributed by atoms with E-state index in [0.29, 0.717) is 18.7 Å². The number of thiophene rings is 1. The van der Waals surface area contributed by atoms with E-state index in [4.69, 9.17) is 4.74 Å². The van der Waals surface area contributed by atoms with Crippen molar-refractivity contribution in [3.63, 3.8) is 0 Å². The van der Waals surface area contributed by atoms with E-state index in [9.17, 15) is 4.79 Å². The molecule has 0 atom stereocenters. The molecule has 1 amide bonds. The molecule has 0 fully saturated rings. The number of carbonyl (C=O) groups is 1. The first kappa shape index (κ1) is 12.2. The second-order valence-electron chi connectivity index (χ2n) is 2.49. The molecule has 6 heteroatoms. The first-order chi connectivity index (χ1) is 6.65. The van der Waals surface area contributed by atoms with Gasteiger partial charge in [0.05, 0.1) is 19.7 Å². The molecule has 3 nitrogen and oxygen atoms in total. The summed E-state index contributed by atoms with van der Waals surface area (Å²) in [5, 5.41) is 2.75. The van der Waals surface area contributed by atoms with E-state index in [0.717, 1.165) is 7.57 Å². The van der Waals surface area contributed by atoms with E-state index in [1.807, 2.05) is 0 Å². The Labute approximate surface area is 103 Å². The van der Waals surface area contributed by atoms with Crippen molar-refractivity contribution in [3.05, 3.63) is 19.2 Å². The van der Waals surface area contributed by atoms with Gasteiger partial charge in [-0.05, 0) is 37.9 Å². The van der Waals surface area contributed by atoms with Crippen LogP contribution in [0, 0.1) is 0 Å². The van der Waals surface area contributed by atoms with Crippen LogP contribution in [0.1, 0.15) is 10.4 Å². The molecule has 0 aliphatic rings. The maximum Gasteiger partial charge on any atom is 0.253 e. The minimum atomic E-state index is -0.0872. The summed E-state index contributed by atoms with van der Waals surface area (Å²) in [5.41, 5.74) is 0.651. The summed E-state index contributed by atoms with van der Waals surface area (Å²) in [6.07, 6.45) is 0. The lowest BCUT2D eigenvalue weighted by molar-refractivity contribution is 0.0937. The van der Waals surface area contributed by atoms with Gasteiger partial charge >= 0.3 is 0 Å². The van der Waals surface area contributed by atoms with Crippen LogP contribution in [0.3, 0.4) is 0 Å². The number of hydrogen-bond donors (Lipinski definition) is 1. The molecule has 1 heterocycles. The molecule has 1 N–H and O–H groups in total. The fourth-order valence-corrected chi connectivity index (χ4v) is 3.65. The number of carbonyl (C=O) groups excluding carboxylic acids is 1. The Morgan fingerprint density at radius 1 is 1.64 bits per heavy atom. The number of halogens is 2. The largest absolute Gasteiger partial charge is 0.383 e. The molecule has 1 rings (SSSR count). The summed E-state index contributed by atoms with van der Waals surface area (Å²) in [6, 6.07) is 1.79. The number of rotatable bonds is 4. The lowest BCUT2D eigenvalue weighted by Gasteiger charge is -2.02. The van der Waals surface area contributed by atoms with Crippen molar-refractivity contribution in [2.24, 2.45) is 0 Å². The molecule has 0 saturated carbocycles. The fourth-order valence-electron chi connectivity index (χ4n) is 0.857. The summed E-state index contributed by atoms with van der Waals surface area (Å²) in [4.78, 5) is 11.5. The van der Waals surface area contributed by atoms with E-state index < -0.39 is 0 Å². The third-order valence-corrected chi connectivity index (χ3v) is 3.83. The summed E-state index contributed by atoms with van der Waals surface area (Å²) in [5.74, 6) is -0.0872. The van der Waals surface area contributed by atoms with Crippen LogP contribution < -0.4 is 5.32 Å². The zero-order chi connectivity index (χ0) is 10.6. The zero-order valence-corrected chi connectivity index (χ0v) is 11.5. The van der Waals surface area contributed by atoms with Gasteiger partial charge in [0.1, 0.15) is 0 Å². The van der Waals surface area contributed by atoms with E-state index >= 15 is 0 Å². The van der Waals surface area contributed by atoms with Gasteiger partial charge in [-0.3, -0.25) is 4.79 Å². The Morgan fingerprint density at radius 3 is 2.86 bits per heavy atom. The Hall–Kier alpha value is 0.0900. The smallest absolute Gasteiger partial charge is 0.253 e. The normalized spacial score (nSPS) is 10.2. The molecule has 0 saturated heterocycles. The van der Waals surface area contributed by atoms with Crippen molar-refractivity contribution >= 4 is 49.1 Å². The SMILES string of the molecule is COCCNC(=O)c1cc(Br)sc1Br. The third-order valence-electron chi connectivity index (χ3n) is 1.49. The molecular weight excluding hydrogens is 334 g/mol. The maximum atomic E-state index is 11.5. The highest BCUT2D eigenvalue weighted by atomic mass is 79.9. The Balaban J connectivity index is 2.56. The minimum absolute atomic E-state index is 0.0872. The van der Waals surface area contributed by atoms with Gasteiger partial charge in [0.15, 0.2) is 0 Å². The van der Waals surface area contributed by atoms with Crippen molar-refractivity contribution in [2.45, 2.75) is 0 Å². The molecule has 0 aromatic carbocycles. The number of hydrogen-bond acceptors (Lipinski definition) is 3. The second kappa shape index (κ2) is 5.85. The minimum Gasteiger partial charge on any atom is -0.383 e. The van der Waals surface area contributed by atoms with E-state index in [-0.39, 0.29) is 5.91 Å².